The minimum atomic E-state index is 1.18. The van der Waals surface area contributed by atoms with Gasteiger partial charge in [0.05, 0.1) is 0 Å². The van der Waals surface area contributed by atoms with Crippen LogP contribution in [0.5, 0.6) is 0 Å². The molecule has 0 aliphatic carbocycles. The Kier molecular flexibility index (Phi) is 3.62. The molecular formula is C13H20N2. The second kappa shape index (κ2) is 5.17. The highest BCUT2D eigenvalue weighted by Gasteiger charge is 2.10. The highest BCUT2D eigenvalue weighted by molar-refractivity contribution is 5.43. The molecule has 1 N–H and O–H groups in total. The molecule has 0 saturated carbocycles. The quantitative estimate of drug-likeness (QED) is 0.810. The zero-order valence-corrected chi connectivity index (χ0v) is 9.50. The van der Waals surface area contributed by atoms with E-state index >= 15 is 0 Å². The average molecular weight is 204 g/mol. The van der Waals surface area contributed by atoms with Crippen LogP contribution in [0.1, 0.15) is 18.4 Å². The number of likely N-dealkylation sites (tertiary alicyclic amines) is 1. The maximum Gasteiger partial charge on any atom is 0.0337 e. The first kappa shape index (κ1) is 10.5. The molecule has 1 fully saturated rings. The number of nitrogens with one attached hydrogen (secondary N) is 1. The maximum absolute atomic E-state index is 3.14. The highest BCUT2D eigenvalue weighted by atomic mass is 15.1. The first-order chi connectivity index (χ1) is 7.38. The van der Waals surface area contributed by atoms with Crippen molar-refractivity contribution in [3.05, 3.63) is 29.8 Å². The molecule has 82 valence electrons. The lowest BCUT2D eigenvalue weighted by molar-refractivity contribution is 0.343. The molecule has 15 heavy (non-hydrogen) atoms. The molecule has 0 spiro atoms. The fourth-order valence-corrected chi connectivity index (χ4v) is 2.13. The smallest absolute Gasteiger partial charge is 0.0337 e. The van der Waals surface area contributed by atoms with Gasteiger partial charge in [-0.25, -0.2) is 0 Å². The van der Waals surface area contributed by atoms with Gasteiger partial charge in [0, 0.05) is 19.3 Å². The van der Waals surface area contributed by atoms with Crippen molar-refractivity contribution in [3.8, 4) is 0 Å². The van der Waals surface area contributed by atoms with Crippen LogP contribution in [0.2, 0.25) is 0 Å². The van der Waals surface area contributed by atoms with Gasteiger partial charge >= 0.3 is 0 Å². The van der Waals surface area contributed by atoms with Crippen molar-refractivity contribution < 1.29 is 0 Å². The van der Waals surface area contributed by atoms with Crippen LogP contribution in [0.3, 0.4) is 0 Å². The molecular weight excluding hydrogens is 184 g/mol. The number of rotatable bonds is 4. The highest BCUT2D eigenvalue weighted by Crippen LogP contribution is 2.11. The van der Waals surface area contributed by atoms with Gasteiger partial charge in [-0.3, -0.25) is 0 Å². The van der Waals surface area contributed by atoms with E-state index in [1.54, 1.807) is 0 Å². The van der Waals surface area contributed by atoms with Crippen molar-refractivity contribution in [3.63, 3.8) is 0 Å². The lowest BCUT2D eigenvalue weighted by atomic mass is 10.1. The monoisotopic (exact) mass is 204 g/mol. The molecule has 0 radical (unpaired) electrons. The van der Waals surface area contributed by atoms with Crippen LogP contribution in [0.15, 0.2) is 24.3 Å². The Balaban J connectivity index is 1.82. The molecule has 1 aromatic carbocycles. The van der Waals surface area contributed by atoms with Gasteiger partial charge in [0.25, 0.3) is 0 Å². The summed E-state index contributed by atoms with van der Waals surface area (Å²) in [7, 11) is 1.96. The maximum atomic E-state index is 3.14. The van der Waals surface area contributed by atoms with Gasteiger partial charge in [-0.1, -0.05) is 12.1 Å². The molecule has 2 heteroatoms. The summed E-state index contributed by atoms with van der Waals surface area (Å²) in [6.07, 6.45) is 3.96. The Morgan fingerprint density at radius 2 is 1.80 bits per heavy atom. The SMILES string of the molecule is CNc1ccc(CCN2CCCC2)cc1. The Labute approximate surface area is 92.3 Å². The standard InChI is InChI=1S/C13H20N2/c1-14-13-6-4-12(5-7-13)8-11-15-9-2-3-10-15/h4-7,14H,2-3,8-11H2,1H3. The summed E-state index contributed by atoms with van der Waals surface area (Å²) in [6.45, 7) is 3.82. The van der Waals surface area contributed by atoms with Crippen molar-refractivity contribution in [1.82, 2.24) is 4.90 Å². The second-order valence-electron chi connectivity index (χ2n) is 4.25. The predicted molar refractivity (Wildman–Crippen MR) is 65.4 cm³/mol. The number of benzene rings is 1. The minimum Gasteiger partial charge on any atom is -0.388 e. The molecule has 1 aliphatic heterocycles. The van der Waals surface area contributed by atoms with Crippen molar-refractivity contribution in [1.29, 1.82) is 0 Å². The number of anilines is 1. The van der Waals surface area contributed by atoms with Gasteiger partial charge < -0.3 is 10.2 Å². The predicted octanol–water partition coefficient (Wildman–Crippen LogP) is 2.37. The molecule has 0 unspecified atom stereocenters. The van der Waals surface area contributed by atoms with E-state index in [1.165, 1.54) is 50.1 Å². The molecule has 0 atom stereocenters. The first-order valence-corrected chi connectivity index (χ1v) is 5.87. The van der Waals surface area contributed by atoms with Crippen molar-refractivity contribution >= 4 is 5.69 Å². The fraction of sp³-hybridized carbons (Fsp3) is 0.538. The Morgan fingerprint density at radius 1 is 1.13 bits per heavy atom. The van der Waals surface area contributed by atoms with Crippen LogP contribution in [-0.4, -0.2) is 31.6 Å². The van der Waals surface area contributed by atoms with Crippen molar-refractivity contribution in [2.45, 2.75) is 19.3 Å². The second-order valence-corrected chi connectivity index (χ2v) is 4.25. The largest absolute Gasteiger partial charge is 0.388 e. The lowest BCUT2D eigenvalue weighted by Gasteiger charge is -2.14. The van der Waals surface area contributed by atoms with E-state index in [4.69, 9.17) is 0 Å². The normalized spacial score (nSPS) is 16.9. The van der Waals surface area contributed by atoms with Crippen LogP contribution in [0.25, 0.3) is 0 Å². The molecule has 2 nitrogen and oxygen atoms in total. The van der Waals surface area contributed by atoms with E-state index < -0.39 is 0 Å². The zero-order chi connectivity index (χ0) is 10.5. The van der Waals surface area contributed by atoms with Crippen LogP contribution in [0, 0.1) is 0 Å². The molecule has 0 bridgehead atoms. The van der Waals surface area contributed by atoms with Gasteiger partial charge in [-0.05, 0) is 50.0 Å². The fourth-order valence-electron chi connectivity index (χ4n) is 2.13. The van der Waals surface area contributed by atoms with E-state index in [-0.39, 0.29) is 0 Å². The average Bonchev–Trinajstić information content (AvgIpc) is 2.80. The molecule has 0 amide bonds. The van der Waals surface area contributed by atoms with E-state index in [9.17, 15) is 0 Å². The Bertz CT molecular complexity index is 286. The summed E-state index contributed by atoms with van der Waals surface area (Å²) in [5.74, 6) is 0. The number of hydrogen-bond donors (Lipinski definition) is 1. The van der Waals surface area contributed by atoms with E-state index in [0.29, 0.717) is 0 Å². The van der Waals surface area contributed by atoms with E-state index in [0.717, 1.165) is 0 Å². The first-order valence-electron chi connectivity index (χ1n) is 5.87. The summed E-state index contributed by atoms with van der Waals surface area (Å²) in [5.41, 5.74) is 2.64. The third-order valence-electron chi connectivity index (χ3n) is 3.16. The molecule has 2 rings (SSSR count). The zero-order valence-electron chi connectivity index (χ0n) is 9.50. The van der Waals surface area contributed by atoms with Gasteiger partial charge in [0.15, 0.2) is 0 Å². The Morgan fingerprint density at radius 3 is 2.40 bits per heavy atom. The molecule has 1 heterocycles. The van der Waals surface area contributed by atoms with Gasteiger partial charge in [0.1, 0.15) is 0 Å². The summed E-state index contributed by atoms with van der Waals surface area (Å²) < 4.78 is 0. The van der Waals surface area contributed by atoms with Gasteiger partial charge in [-0.2, -0.15) is 0 Å². The third-order valence-corrected chi connectivity index (χ3v) is 3.16. The molecule has 1 aliphatic rings. The molecule has 0 aromatic heterocycles. The topological polar surface area (TPSA) is 15.3 Å². The Hall–Kier alpha value is -1.02. The third kappa shape index (κ3) is 2.96. The number of hydrogen-bond acceptors (Lipinski definition) is 2. The summed E-state index contributed by atoms with van der Waals surface area (Å²) in [5, 5.41) is 3.14. The number of nitrogens with zero attached hydrogens (tertiary/aromatic N) is 1. The van der Waals surface area contributed by atoms with Crippen molar-refractivity contribution in [2.24, 2.45) is 0 Å². The van der Waals surface area contributed by atoms with Gasteiger partial charge in [0.2, 0.25) is 0 Å². The van der Waals surface area contributed by atoms with Crippen molar-refractivity contribution in [2.75, 3.05) is 32.0 Å². The molecule has 1 saturated heterocycles. The summed E-state index contributed by atoms with van der Waals surface area (Å²) in [4.78, 5) is 2.56. The van der Waals surface area contributed by atoms with Crippen LogP contribution in [-0.2, 0) is 6.42 Å². The van der Waals surface area contributed by atoms with Gasteiger partial charge in [-0.15, -0.1) is 0 Å². The minimum absolute atomic E-state index is 1.18. The lowest BCUT2D eigenvalue weighted by Crippen LogP contribution is -2.21. The van der Waals surface area contributed by atoms with Crippen LogP contribution in [0.4, 0.5) is 5.69 Å². The van der Waals surface area contributed by atoms with E-state index in [1.807, 2.05) is 7.05 Å². The van der Waals surface area contributed by atoms with Crippen LogP contribution >= 0.6 is 0 Å². The summed E-state index contributed by atoms with van der Waals surface area (Å²) in [6, 6.07) is 8.75. The molecule has 1 aromatic rings. The van der Waals surface area contributed by atoms with Crippen LogP contribution < -0.4 is 5.32 Å². The summed E-state index contributed by atoms with van der Waals surface area (Å²) >= 11 is 0. The van der Waals surface area contributed by atoms with E-state index in [2.05, 4.69) is 34.5 Å².